The lowest BCUT2D eigenvalue weighted by Crippen LogP contribution is -2.34. The summed E-state index contributed by atoms with van der Waals surface area (Å²) in [5, 5.41) is 0. The highest BCUT2D eigenvalue weighted by molar-refractivity contribution is 5.79. The Balaban J connectivity index is 2.19. The molecule has 20 heavy (non-hydrogen) atoms. The number of hydrogen-bond acceptors (Lipinski definition) is 3. The van der Waals surface area contributed by atoms with Crippen LogP contribution in [0.2, 0.25) is 0 Å². The van der Waals surface area contributed by atoms with Crippen LogP contribution in [0.15, 0.2) is 0 Å². The normalized spacial score (nSPS) is 22.5. The average Bonchev–Trinajstić information content (AvgIpc) is 3.10. The first-order valence-electron chi connectivity index (χ1n) is 7.75. The van der Waals surface area contributed by atoms with Crippen LogP contribution in [0.3, 0.4) is 0 Å². The number of esters is 1. The molecule has 0 aromatic rings. The van der Waals surface area contributed by atoms with Crippen LogP contribution in [-0.4, -0.2) is 36.5 Å². The third kappa shape index (κ3) is 5.51. The van der Waals surface area contributed by atoms with Crippen LogP contribution in [-0.2, 0) is 14.3 Å². The van der Waals surface area contributed by atoms with Crippen molar-refractivity contribution in [2.45, 2.75) is 59.4 Å². The molecule has 0 heterocycles. The van der Waals surface area contributed by atoms with Crippen LogP contribution in [0.1, 0.15) is 53.4 Å². The van der Waals surface area contributed by atoms with Gasteiger partial charge in [-0.1, -0.05) is 27.7 Å². The van der Waals surface area contributed by atoms with Crippen LogP contribution in [0, 0.1) is 17.8 Å². The minimum atomic E-state index is -0.187. The summed E-state index contributed by atoms with van der Waals surface area (Å²) in [6, 6.07) is 0.406. The van der Waals surface area contributed by atoms with Crippen molar-refractivity contribution < 1.29 is 14.3 Å². The van der Waals surface area contributed by atoms with Crippen molar-refractivity contribution in [3.63, 3.8) is 0 Å². The molecule has 1 amide bonds. The first-order valence-corrected chi connectivity index (χ1v) is 7.75. The molecule has 4 heteroatoms. The quantitative estimate of drug-likeness (QED) is 0.644. The molecule has 1 rings (SSSR count). The van der Waals surface area contributed by atoms with Gasteiger partial charge in [0.15, 0.2) is 0 Å². The lowest BCUT2D eigenvalue weighted by Gasteiger charge is -2.21. The molecule has 4 nitrogen and oxygen atoms in total. The van der Waals surface area contributed by atoms with Gasteiger partial charge < -0.3 is 9.64 Å². The Morgan fingerprint density at radius 2 is 1.85 bits per heavy atom. The highest BCUT2D eigenvalue weighted by Gasteiger charge is 2.39. The van der Waals surface area contributed by atoms with Gasteiger partial charge in [0.1, 0.15) is 0 Å². The minimum absolute atomic E-state index is 0.106. The van der Waals surface area contributed by atoms with Crippen molar-refractivity contribution in [1.29, 1.82) is 0 Å². The maximum atomic E-state index is 12.2. The summed E-state index contributed by atoms with van der Waals surface area (Å²) in [7, 11) is 1.87. The third-order valence-corrected chi connectivity index (χ3v) is 4.07. The Hall–Kier alpha value is -1.06. The zero-order chi connectivity index (χ0) is 15.3. The Morgan fingerprint density at radius 3 is 2.35 bits per heavy atom. The van der Waals surface area contributed by atoms with Crippen LogP contribution < -0.4 is 0 Å². The molecule has 0 saturated heterocycles. The number of ether oxygens (including phenoxy) is 1. The second-order valence-electron chi connectivity index (χ2n) is 6.57. The van der Waals surface area contributed by atoms with Crippen molar-refractivity contribution in [2.24, 2.45) is 17.8 Å². The molecule has 116 valence electrons. The predicted molar refractivity (Wildman–Crippen MR) is 79.2 cm³/mol. The largest absolute Gasteiger partial charge is 0.466 e. The molecule has 1 saturated carbocycles. The fraction of sp³-hybridized carbons (Fsp3) is 0.875. The predicted octanol–water partition coefficient (Wildman–Crippen LogP) is 2.86. The number of hydrogen-bond donors (Lipinski definition) is 0. The Bertz CT molecular complexity index is 341. The SMILES string of the molecule is CC(C)CCOC(=O)CCC(C)C(=O)N(C)[C@H]1CC1C. The maximum absolute atomic E-state index is 12.2. The van der Waals surface area contributed by atoms with Gasteiger partial charge in [0.25, 0.3) is 0 Å². The summed E-state index contributed by atoms with van der Waals surface area (Å²) in [6.45, 7) is 8.74. The van der Waals surface area contributed by atoms with Gasteiger partial charge in [0.2, 0.25) is 5.91 Å². The minimum Gasteiger partial charge on any atom is -0.466 e. The van der Waals surface area contributed by atoms with E-state index in [4.69, 9.17) is 4.74 Å². The molecule has 0 spiro atoms. The molecule has 0 N–H and O–H groups in total. The molecule has 1 fully saturated rings. The molecule has 0 aliphatic heterocycles. The van der Waals surface area contributed by atoms with Crippen LogP contribution >= 0.6 is 0 Å². The average molecular weight is 283 g/mol. The molecular formula is C16H29NO3. The van der Waals surface area contributed by atoms with Gasteiger partial charge >= 0.3 is 5.97 Å². The van der Waals surface area contributed by atoms with Crippen molar-refractivity contribution in [2.75, 3.05) is 13.7 Å². The summed E-state index contributed by atoms with van der Waals surface area (Å²) in [5.41, 5.74) is 0. The van der Waals surface area contributed by atoms with E-state index < -0.39 is 0 Å². The molecule has 0 aromatic carbocycles. The van der Waals surface area contributed by atoms with Gasteiger partial charge in [0.05, 0.1) is 6.61 Å². The monoisotopic (exact) mass is 283 g/mol. The molecular weight excluding hydrogens is 254 g/mol. The Morgan fingerprint density at radius 1 is 1.25 bits per heavy atom. The first-order chi connectivity index (χ1) is 9.32. The highest BCUT2D eigenvalue weighted by atomic mass is 16.5. The lowest BCUT2D eigenvalue weighted by molar-refractivity contribution is -0.144. The molecule has 0 bridgehead atoms. The smallest absolute Gasteiger partial charge is 0.305 e. The number of carbonyl (C=O) groups is 2. The van der Waals surface area contributed by atoms with Crippen molar-refractivity contribution in [3.05, 3.63) is 0 Å². The number of carbonyl (C=O) groups excluding carboxylic acids is 2. The van der Waals surface area contributed by atoms with Crippen LogP contribution in [0.4, 0.5) is 0 Å². The fourth-order valence-electron chi connectivity index (χ4n) is 2.29. The summed E-state index contributed by atoms with van der Waals surface area (Å²) < 4.78 is 5.16. The van der Waals surface area contributed by atoms with E-state index in [1.807, 2.05) is 18.9 Å². The van der Waals surface area contributed by atoms with E-state index in [1.54, 1.807) is 0 Å². The van der Waals surface area contributed by atoms with Crippen LogP contribution in [0.25, 0.3) is 0 Å². The van der Waals surface area contributed by atoms with E-state index >= 15 is 0 Å². The van der Waals surface area contributed by atoms with E-state index in [-0.39, 0.29) is 17.8 Å². The number of rotatable bonds is 8. The standard InChI is InChI=1S/C16H29NO3/c1-11(2)8-9-20-15(18)7-6-12(3)16(19)17(5)14-10-13(14)4/h11-14H,6-10H2,1-5H3/t12?,13?,14-/m0/s1. The van der Waals surface area contributed by atoms with Gasteiger partial charge in [-0.25, -0.2) is 0 Å². The van der Waals surface area contributed by atoms with Crippen molar-refractivity contribution in [3.8, 4) is 0 Å². The zero-order valence-electron chi connectivity index (χ0n) is 13.5. The van der Waals surface area contributed by atoms with Gasteiger partial charge in [-0.15, -0.1) is 0 Å². The molecule has 0 aromatic heterocycles. The van der Waals surface area contributed by atoms with E-state index in [1.165, 1.54) is 0 Å². The number of nitrogens with zero attached hydrogens (tertiary/aromatic N) is 1. The summed E-state index contributed by atoms with van der Waals surface area (Å²) in [5.74, 6) is 1.02. The van der Waals surface area contributed by atoms with Crippen molar-refractivity contribution >= 4 is 11.9 Å². The topological polar surface area (TPSA) is 46.6 Å². The van der Waals surface area contributed by atoms with E-state index in [9.17, 15) is 9.59 Å². The van der Waals surface area contributed by atoms with Crippen molar-refractivity contribution in [1.82, 2.24) is 4.90 Å². The van der Waals surface area contributed by atoms with E-state index in [2.05, 4.69) is 20.8 Å². The van der Waals surface area contributed by atoms with Gasteiger partial charge in [-0.3, -0.25) is 9.59 Å². The zero-order valence-corrected chi connectivity index (χ0v) is 13.5. The van der Waals surface area contributed by atoms with Gasteiger partial charge in [-0.2, -0.15) is 0 Å². The fourth-order valence-corrected chi connectivity index (χ4v) is 2.29. The Kier molecular flexibility index (Phi) is 6.50. The number of amides is 1. The second kappa shape index (κ2) is 7.65. The van der Waals surface area contributed by atoms with Crippen LogP contribution in [0.5, 0.6) is 0 Å². The molecule has 0 radical (unpaired) electrons. The molecule has 2 unspecified atom stereocenters. The summed E-state index contributed by atoms with van der Waals surface area (Å²) in [6.07, 6.45) is 2.90. The molecule has 1 aliphatic rings. The van der Waals surface area contributed by atoms with Gasteiger partial charge in [-0.05, 0) is 31.1 Å². The highest BCUT2D eigenvalue weighted by Crippen LogP contribution is 2.34. The molecule has 1 aliphatic carbocycles. The van der Waals surface area contributed by atoms with E-state index in [0.29, 0.717) is 37.3 Å². The summed E-state index contributed by atoms with van der Waals surface area (Å²) in [4.78, 5) is 25.6. The maximum Gasteiger partial charge on any atom is 0.305 e. The lowest BCUT2D eigenvalue weighted by atomic mass is 10.0. The van der Waals surface area contributed by atoms with E-state index in [0.717, 1.165) is 12.8 Å². The van der Waals surface area contributed by atoms with Gasteiger partial charge in [0, 0.05) is 25.4 Å². The third-order valence-electron chi connectivity index (χ3n) is 4.07. The summed E-state index contributed by atoms with van der Waals surface area (Å²) >= 11 is 0. The second-order valence-corrected chi connectivity index (χ2v) is 6.57. The Labute approximate surface area is 122 Å². The first kappa shape index (κ1) is 17.0. The molecule has 3 atom stereocenters.